The number of halogens is 1. The highest BCUT2D eigenvalue weighted by atomic mass is 19.1. The third kappa shape index (κ3) is 2.71. The van der Waals surface area contributed by atoms with Gasteiger partial charge in [-0.1, -0.05) is 12.1 Å². The third-order valence-electron chi connectivity index (χ3n) is 3.22. The lowest BCUT2D eigenvalue weighted by molar-refractivity contribution is 0.624. The predicted molar refractivity (Wildman–Crippen MR) is 71.2 cm³/mol. The van der Waals surface area contributed by atoms with Crippen molar-refractivity contribution in [1.29, 1.82) is 0 Å². The van der Waals surface area contributed by atoms with E-state index in [0.29, 0.717) is 6.54 Å². The fourth-order valence-electron chi connectivity index (χ4n) is 2.26. The summed E-state index contributed by atoms with van der Waals surface area (Å²) < 4.78 is 13.1. The van der Waals surface area contributed by atoms with Gasteiger partial charge in [0.05, 0.1) is 5.69 Å². The molecule has 1 aromatic heterocycles. The van der Waals surface area contributed by atoms with Crippen LogP contribution in [-0.4, -0.2) is 16.5 Å². The third-order valence-corrected chi connectivity index (χ3v) is 3.22. The molecule has 2 N–H and O–H groups in total. The lowest BCUT2D eigenvalue weighted by Crippen LogP contribution is -2.26. The van der Waals surface area contributed by atoms with Crippen molar-refractivity contribution in [2.75, 3.05) is 11.9 Å². The van der Waals surface area contributed by atoms with Crippen molar-refractivity contribution in [2.45, 2.75) is 19.5 Å². The van der Waals surface area contributed by atoms with Crippen LogP contribution in [0.4, 0.5) is 10.2 Å². The van der Waals surface area contributed by atoms with Crippen LogP contribution in [0, 0.1) is 5.82 Å². The van der Waals surface area contributed by atoms with E-state index in [9.17, 15) is 4.39 Å². The van der Waals surface area contributed by atoms with Crippen molar-refractivity contribution < 1.29 is 4.39 Å². The summed E-state index contributed by atoms with van der Waals surface area (Å²) in [4.78, 5) is 8.57. The van der Waals surface area contributed by atoms with Gasteiger partial charge in [-0.2, -0.15) is 0 Å². The van der Waals surface area contributed by atoms with Gasteiger partial charge in [0, 0.05) is 31.6 Å². The van der Waals surface area contributed by atoms with E-state index in [0.717, 1.165) is 42.1 Å². The Kier molecular flexibility index (Phi) is 3.37. The molecule has 0 amide bonds. The van der Waals surface area contributed by atoms with E-state index in [2.05, 4.69) is 20.6 Å². The highest BCUT2D eigenvalue weighted by molar-refractivity contribution is 5.47. The van der Waals surface area contributed by atoms with Crippen molar-refractivity contribution in [3.8, 4) is 0 Å². The second-order valence-electron chi connectivity index (χ2n) is 4.56. The highest BCUT2D eigenvalue weighted by Crippen LogP contribution is 2.19. The molecule has 5 heteroatoms. The normalized spacial score (nSPS) is 13.9. The van der Waals surface area contributed by atoms with E-state index in [-0.39, 0.29) is 5.82 Å². The molecule has 0 saturated carbocycles. The minimum absolute atomic E-state index is 0.217. The van der Waals surface area contributed by atoms with Gasteiger partial charge in [0.25, 0.3) is 0 Å². The molecule has 1 aliphatic rings. The first-order valence-corrected chi connectivity index (χ1v) is 6.35. The number of hydrogen-bond acceptors (Lipinski definition) is 4. The van der Waals surface area contributed by atoms with Crippen LogP contribution in [-0.2, 0) is 19.5 Å². The minimum Gasteiger partial charge on any atom is -0.366 e. The summed E-state index contributed by atoms with van der Waals surface area (Å²) in [5.41, 5.74) is 3.11. The lowest BCUT2D eigenvalue weighted by Gasteiger charge is -2.19. The van der Waals surface area contributed by atoms with E-state index >= 15 is 0 Å². The maximum absolute atomic E-state index is 13.1. The summed E-state index contributed by atoms with van der Waals surface area (Å²) in [6, 6.07) is 6.57. The zero-order valence-electron chi connectivity index (χ0n) is 10.5. The van der Waals surface area contributed by atoms with Gasteiger partial charge in [-0.3, -0.25) is 0 Å². The Hall–Kier alpha value is -2.01. The SMILES string of the molecule is Fc1cccc(CNc2ncnc3c2CNCC3)c1. The molecule has 0 bridgehead atoms. The van der Waals surface area contributed by atoms with Crippen molar-refractivity contribution in [3.05, 3.63) is 53.2 Å². The number of aromatic nitrogens is 2. The second kappa shape index (κ2) is 5.32. The fraction of sp³-hybridized carbons (Fsp3) is 0.286. The summed E-state index contributed by atoms with van der Waals surface area (Å²) >= 11 is 0. The number of nitrogens with zero attached hydrogens (tertiary/aromatic N) is 2. The van der Waals surface area contributed by atoms with E-state index in [1.165, 1.54) is 12.1 Å². The van der Waals surface area contributed by atoms with E-state index in [4.69, 9.17) is 0 Å². The highest BCUT2D eigenvalue weighted by Gasteiger charge is 2.14. The first-order valence-electron chi connectivity index (χ1n) is 6.35. The van der Waals surface area contributed by atoms with Gasteiger partial charge < -0.3 is 10.6 Å². The first kappa shape index (κ1) is 12.0. The average molecular weight is 258 g/mol. The van der Waals surface area contributed by atoms with Crippen molar-refractivity contribution in [3.63, 3.8) is 0 Å². The molecule has 0 saturated heterocycles. The van der Waals surface area contributed by atoms with Crippen molar-refractivity contribution in [1.82, 2.24) is 15.3 Å². The quantitative estimate of drug-likeness (QED) is 0.882. The van der Waals surface area contributed by atoms with Gasteiger partial charge in [-0.05, 0) is 17.7 Å². The van der Waals surface area contributed by atoms with Crippen LogP contribution in [0.25, 0.3) is 0 Å². The maximum atomic E-state index is 13.1. The number of rotatable bonds is 3. The molecule has 19 heavy (non-hydrogen) atoms. The van der Waals surface area contributed by atoms with Gasteiger partial charge in [0.1, 0.15) is 18.0 Å². The smallest absolute Gasteiger partial charge is 0.134 e. The number of hydrogen-bond donors (Lipinski definition) is 2. The molecule has 0 radical (unpaired) electrons. The van der Waals surface area contributed by atoms with Crippen LogP contribution in [0.5, 0.6) is 0 Å². The molecule has 0 aliphatic carbocycles. The number of fused-ring (bicyclic) bond motifs is 1. The zero-order chi connectivity index (χ0) is 13.1. The largest absolute Gasteiger partial charge is 0.366 e. The molecule has 0 fully saturated rings. The molecule has 1 aromatic carbocycles. The van der Waals surface area contributed by atoms with Gasteiger partial charge in [0.15, 0.2) is 0 Å². The molecule has 4 nitrogen and oxygen atoms in total. The first-order chi connectivity index (χ1) is 9.33. The van der Waals surface area contributed by atoms with Gasteiger partial charge in [-0.15, -0.1) is 0 Å². The van der Waals surface area contributed by atoms with E-state index < -0.39 is 0 Å². The predicted octanol–water partition coefficient (Wildman–Crippen LogP) is 1.87. The number of nitrogens with one attached hydrogen (secondary N) is 2. The van der Waals surface area contributed by atoms with E-state index in [1.54, 1.807) is 12.4 Å². The Balaban J connectivity index is 1.77. The van der Waals surface area contributed by atoms with Gasteiger partial charge in [-0.25, -0.2) is 14.4 Å². The van der Waals surface area contributed by atoms with Crippen LogP contribution in [0.1, 0.15) is 16.8 Å². The average Bonchev–Trinajstić information content (AvgIpc) is 2.45. The second-order valence-corrected chi connectivity index (χ2v) is 4.56. The molecule has 2 aromatic rings. The molecule has 0 unspecified atom stereocenters. The van der Waals surface area contributed by atoms with E-state index in [1.807, 2.05) is 6.07 Å². The Morgan fingerprint density at radius 2 is 2.26 bits per heavy atom. The number of benzene rings is 1. The summed E-state index contributed by atoms with van der Waals surface area (Å²) in [7, 11) is 0. The Morgan fingerprint density at radius 1 is 1.32 bits per heavy atom. The molecule has 98 valence electrons. The molecule has 0 spiro atoms. The van der Waals surface area contributed by atoms with Crippen LogP contribution in [0.2, 0.25) is 0 Å². The molecular weight excluding hydrogens is 243 g/mol. The Bertz CT molecular complexity index is 585. The van der Waals surface area contributed by atoms with Crippen LogP contribution >= 0.6 is 0 Å². The summed E-state index contributed by atoms with van der Waals surface area (Å²) in [5.74, 6) is 0.618. The Labute approximate surface area is 111 Å². The Morgan fingerprint density at radius 3 is 3.16 bits per heavy atom. The van der Waals surface area contributed by atoms with Crippen molar-refractivity contribution in [2.24, 2.45) is 0 Å². The lowest BCUT2D eigenvalue weighted by atomic mass is 10.1. The van der Waals surface area contributed by atoms with Crippen LogP contribution in [0.15, 0.2) is 30.6 Å². The maximum Gasteiger partial charge on any atom is 0.134 e. The monoisotopic (exact) mass is 258 g/mol. The van der Waals surface area contributed by atoms with Crippen LogP contribution in [0.3, 0.4) is 0 Å². The van der Waals surface area contributed by atoms with Crippen molar-refractivity contribution >= 4 is 5.82 Å². The molecular formula is C14H15FN4. The zero-order valence-corrected chi connectivity index (χ0v) is 10.5. The summed E-state index contributed by atoms with van der Waals surface area (Å²) in [5, 5.41) is 6.57. The molecule has 0 atom stereocenters. The minimum atomic E-state index is -0.217. The topological polar surface area (TPSA) is 49.8 Å². The molecule has 2 heterocycles. The van der Waals surface area contributed by atoms with Crippen LogP contribution < -0.4 is 10.6 Å². The molecule has 3 rings (SSSR count). The summed E-state index contributed by atoms with van der Waals surface area (Å²) in [6.45, 7) is 2.29. The summed E-state index contributed by atoms with van der Waals surface area (Å²) in [6.07, 6.45) is 2.50. The number of anilines is 1. The standard InChI is InChI=1S/C14H15FN4/c15-11-3-1-2-10(6-11)7-17-14-12-8-16-5-4-13(12)18-9-19-14/h1-3,6,9,16H,4-5,7-8H2,(H,17,18,19). The molecule has 1 aliphatic heterocycles. The van der Waals surface area contributed by atoms with Gasteiger partial charge in [0.2, 0.25) is 0 Å². The fourth-order valence-corrected chi connectivity index (χ4v) is 2.26. The van der Waals surface area contributed by atoms with Gasteiger partial charge >= 0.3 is 0 Å².